The first kappa shape index (κ1) is 9.37. The Morgan fingerprint density at radius 3 is 2.30 bits per heavy atom. The number of hydrogen-bond donors (Lipinski definition) is 0. The highest BCUT2D eigenvalue weighted by atomic mass is 16.5. The second-order valence-electron chi connectivity index (χ2n) is 2.70. The first-order valence-corrected chi connectivity index (χ1v) is 3.22. The normalized spacial score (nSPS) is 13.4. The minimum atomic E-state index is -0.319. The molecule has 10 heavy (non-hydrogen) atoms. The zero-order valence-electron chi connectivity index (χ0n) is 6.97. The van der Waals surface area contributed by atoms with Crippen molar-refractivity contribution in [1.29, 1.82) is 0 Å². The van der Waals surface area contributed by atoms with Crippen LogP contribution in [0.4, 0.5) is 0 Å². The third kappa shape index (κ3) is 2.31. The first-order chi connectivity index (χ1) is 4.54. The Hall–Kier alpha value is -0.630. The fourth-order valence-electron chi connectivity index (χ4n) is 0.464. The largest absolute Gasteiger partial charge is 0.374 e. The minimum Gasteiger partial charge on any atom is -0.374 e. The predicted octanol–water partition coefficient (Wildman–Crippen LogP) is 1.56. The molecule has 58 valence electrons. The lowest BCUT2D eigenvalue weighted by molar-refractivity contribution is -0.104. The van der Waals surface area contributed by atoms with Gasteiger partial charge in [-0.2, -0.15) is 0 Å². The second-order valence-corrected chi connectivity index (χ2v) is 2.70. The average Bonchev–Trinajstić information content (AvgIpc) is 1.89. The van der Waals surface area contributed by atoms with Crippen molar-refractivity contribution in [2.24, 2.45) is 0 Å². The number of methoxy groups -OCH3 is 1. The van der Waals surface area contributed by atoms with Gasteiger partial charge in [-0.3, -0.25) is 4.79 Å². The molecule has 0 saturated heterocycles. The fourth-order valence-corrected chi connectivity index (χ4v) is 0.464. The van der Waals surface area contributed by atoms with E-state index in [2.05, 4.69) is 0 Å². The van der Waals surface area contributed by atoms with E-state index in [4.69, 9.17) is 4.74 Å². The summed E-state index contributed by atoms with van der Waals surface area (Å²) in [5, 5.41) is 0. The summed E-state index contributed by atoms with van der Waals surface area (Å²) in [5.74, 6) is 0. The molecule has 0 aliphatic carbocycles. The van der Waals surface area contributed by atoms with Gasteiger partial charge in [0, 0.05) is 7.11 Å². The van der Waals surface area contributed by atoms with E-state index in [0.717, 1.165) is 11.9 Å². The second kappa shape index (κ2) is 3.52. The molecular weight excluding hydrogens is 128 g/mol. The van der Waals surface area contributed by atoms with E-state index >= 15 is 0 Å². The lowest BCUT2D eigenvalue weighted by Crippen LogP contribution is -2.23. The smallest absolute Gasteiger partial charge is 0.142 e. The van der Waals surface area contributed by atoms with Gasteiger partial charge in [-0.15, -0.1) is 0 Å². The van der Waals surface area contributed by atoms with Crippen LogP contribution in [0.15, 0.2) is 11.6 Å². The van der Waals surface area contributed by atoms with Crippen molar-refractivity contribution in [1.82, 2.24) is 0 Å². The van der Waals surface area contributed by atoms with Gasteiger partial charge in [0.25, 0.3) is 0 Å². The Morgan fingerprint density at radius 2 is 2.00 bits per heavy atom. The van der Waals surface area contributed by atoms with Gasteiger partial charge < -0.3 is 4.74 Å². The van der Waals surface area contributed by atoms with Crippen LogP contribution >= 0.6 is 0 Å². The molecule has 2 heteroatoms. The Balaban J connectivity index is 4.31. The monoisotopic (exact) mass is 142 g/mol. The van der Waals surface area contributed by atoms with Crippen molar-refractivity contribution in [2.75, 3.05) is 7.11 Å². The lowest BCUT2D eigenvalue weighted by atomic mass is 10.00. The molecule has 0 bridgehead atoms. The number of rotatable bonds is 3. The molecule has 0 aromatic rings. The Bertz CT molecular complexity index is 145. The summed E-state index contributed by atoms with van der Waals surface area (Å²) < 4.78 is 5.12. The summed E-state index contributed by atoms with van der Waals surface area (Å²) in [6.45, 7) is 5.71. The van der Waals surface area contributed by atoms with Crippen LogP contribution in [-0.2, 0) is 9.53 Å². The molecule has 0 radical (unpaired) electrons. The quantitative estimate of drug-likeness (QED) is 0.441. The Morgan fingerprint density at radius 1 is 1.50 bits per heavy atom. The molecular formula is C8H14O2. The van der Waals surface area contributed by atoms with Crippen LogP contribution in [-0.4, -0.2) is 19.0 Å². The lowest BCUT2D eigenvalue weighted by Gasteiger charge is -2.23. The van der Waals surface area contributed by atoms with Crippen LogP contribution in [0.25, 0.3) is 0 Å². The van der Waals surface area contributed by atoms with Gasteiger partial charge >= 0.3 is 0 Å². The van der Waals surface area contributed by atoms with E-state index in [1.54, 1.807) is 7.11 Å². The van der Waals surface area contributed by atoms with Crippen LogP contribution < -0.4 is 0 Å². The van der Waals surface area contributed by atoms with Crippen LogP contribution in [0.1, 0.15) is 20.8 Å². The van der Waals surface area contributed by atoms with E-state index in [1.165, 1.54) is 6.08 Å². The van der Waals surface area contributed by atoms with Crippen molar-refractivity contribution in [2.45, 2.75) is 26.4 Å². The first-order valence-electron chi connectivity index (χ1n) is 3.22. The maximum Gasteiger partial charge on any atom is 0.142 e. The molecule has 0 amide bonds. The van der Waals surface area contributed by atoms with E-state index in [1.807, 2.05) is 20.8 Å². The highest BCUT2D eigenvalue weighted by Gasteiger charge is 2.17. The maximum atomic E-state index is 10.0. The molecule has 0 spiro atoms. The summed E-state index contributed by atoms with van der Waals surface area (Å²) in [7, 11) is 1.63. The van der Waals surface area contributed by atoms with Gasteiger partial charge in [-0.05, 0) is 32.4 Å². The number of allylic oxidation sites excluding steroid dienone is 1. The van der Waals surface area contributed by atoms with Crippen molar-refractivity contribution < 1.29 is 9.53 Å². The van der Waals surface area contributed by atoms with Gasteiger partial charge in [0.2, 0.25) is 0 Å². The van der Waals surface area contributed by atoms with Crippen LogP contribution in [0, 0.1) is 0 Å². The molecule has 0 aromatic heterocycles. The number of hydrogen-bond acceptors (Lipinski definition) is 2. The molecule has 0 unspecified atom stereocenters. The van der Waals surface area contributed by atoms with Gasteiger partial charge in [-0.1, -0.05) is 0 Å². The summed E-state index contributed by atoms with van der Waals surface area (Å²) in [4.78, 5) is 10.0. The van der Waals surface area contributed by atoms with Crippen molar-refractivity contribution in [3.8, 4) is 0 Å². The topological polar surface area (TPSA) is 26.3 Å². The fraction of sp³-hybridized carbons (Fsp3) is 0.625. The predicted molar refractivity (Wildman–Crippen MR) is 40.9 cm³/mol. The maximum absolute atomic E-state index is 10.0. The molecule has 2 nitrogen and oxygen atoms in total. The number of ether oxygens (including phenoxy) is 1. The molecule has 0 aliphatic heterocycles. The molecule has 0 atom stereocenters. The average molecular weight is 142 g/mol. The van der Waals surface area contributed by atoms with E-state index in [9.17, 15) is 4.79 Å². The zero-order valence-corrected chi connectivity index (χ0v) is 6.97. The molecule has 0 aromatic carbocycles. The standard InChI is InChI=1S/C8H14O2/c1-7(5-6-9)8(2,3)10-4/h5-6H,1-4H3. The minimum absolute atomic E-state index is 0.319. The zero-order chi connectivity index (χ0) is 8.20. The summed E-state index contributed by atoms with van der Waals surface area (Å²) in [6, 6.07) is 0. The Labute approximate surface area is 61.9 Å². The molecule has 0 aliphatic rings. The molecule has 0 saturated carbocycles. The van der Waals surface area contributed by atoms with Crippen molar-refractivity contribution in [3.05, 3.63) is 11.6 Å². The molecule has 0 N–H and O–H groups in total. The highest BCUT2D eigenvalue weighted by molar-refractivity contribution is 5.66. The third-order valence-corrected chi connectivity index (χ3v) is 1.78. The summed E-state index contributed by atoms with van der Waals surface area (Å²) in [5.41, 5.74) is 0.617. The van der Waals surface area contributed by atoms with Crippen molar-refractivity contribution >= 4 is 6.29 Å². The van der Waals surface area contributed by atoms with Gasteiger partial charge in [0.15, 0.2) is 0 Å². The molecule has 0 fully saturated rings. The van der Waals surface area contributed by atoms with E-state index in [-0.39, 0.29) is 5.60 Å². The molecule has 0 rings (SSSR count). The molecule has 0 heterocycles. The van der Waals surface area contributed by atoms with Crippen LogP contribution in [0.3, 0.4) is 0 Å². The summed E-state index contributed by atoms with van der Waals surface area (Å²) in [6.07, 6.45) is 2.29. The Kier molecular flexibility index (Phi) is 3.30. The summed E-state index contributed by atoms with van der Waals surface area (Å²) >= 11 is 0. The van der Waals surface area contributed by atoms with Crippen molar-refractivity contribution in [3.63, 3.8) is 0 Å². The van der Waals surface area contributed by atoms with E-state index in [0.29, 0.717) is 0 Å². The van der Waals surface area contributed by atoms with Gasteiger partial charge in [0.1, 0.15) is 6.29 Å². The van der Waals surface area contributed by atoms with E-state index < -0.39 is 0 Å². The third-order valence-electron chi connectivity index (χ3n) is 1.78. The van der Waals surface area contributed by atoms with Crippen LogP contribution in [0.2, 0.25) is 0 Å². The number of carbonyl (C=O) groups is 1. The number of aldehydes is 1. The van der Waals surface area contributed by atoms with Gasteiger partial charge in [0.05, 0.1) is 5.60 Å². The number of carbonyl (C=O) groups excluding carboxylic acids is 1. The van der Waals surface area contributed by atoms with Crippen LogP contribution in [0.5, 0.6) is 0 Å². The SMILES string of the molecule is COC(C)(C)C(C)=CC=O. The van der Waals surface area contributed by atoms with Gasteiger partial charge in [-0.25, -0.2) is 0 Å². The highest BCUT2D eigenvalue weighted by Crippen LogP contribution is 2.17.